The molecule has 1 aliphatic rings. The van der Waals surface area contributed by atoms with Gasteiger partial charge in [0.2, 0.25) is 0 Å². The fraction of sp³-hybridized carbons (Fsp3) is 0.391. The van der Waals surface area contributed by atoms with Gasteiger partial charge in [-0.05, 0) is 43.0 Å². The first-order chi connectivity index (χ1) is 14.1. The Morgan fingerprint density at radius 1 is 1.07 bits per heavy atom. The van der Waals surface area contributed by atoms with Crippen molar-refractivity contribution in [3.8, 4) is 5.75 Å². The lowest BCUT2D eigenvalue weighted by atomic mass is 9.96. The number of para-hydroxylation sites is 1. The van der Waals surface area contributed by atoms with E-state index < -0.39 is 0 Å². The molecule has 2 aromatic carbocycles. The number of benzene rings is 2. The van der Waals surface area contributed by atoms with Crippen LogP contribution in [-0.4, -0.2) is 44.0 Å². The lowest BCUT2D eigenvalue weighted by Crippen LogP contribution is -2.36. The Bertz CT molecular complexity index is 849. The molecule has 0 atom stereocenters. The smallest absolute Gasteiger partial charge is 0.253 e. The van der Waals surface area contributed by atoms with Gasteiger partial charge in [0.15, 0.2) is 5.96 Å². The van der Waals surface area contributed by atoms with Gasteiger partial charge in [0, 0.05) is 45.4 Å². The summed E-state index contributed by atoms with van der Waals surface area (Å²) in [5.41, 5.74) is 2.88. The minimum Gasteiger partial charge on any atom is -0.490 e. The maximum Gasteiger partial charge on any atom is 0.253 e. The van der Waals surface area contributed by atoms with Crippen molar-refractivity contribution in [1.82, 2.24) is 15.5 Å². The summed E-state index contributed by atoms with van der Waals surface area (Å²) in [5.74, 6) is 1.67. The van der Waals surface area contributed by atoms with Gasteiger partial charge in [-0.2, -0.15) is 0 Å². The van der Waals surface area contributed by atoms with Gasteiger partial charge >= 0.3 is 0 Å². The maximum atomic E-state index is 12.0. The molecular formula is C23H31IN4O2. The summed E-state index contributed by atoms with van der Waals surface area (Å²) >= 11 is 0. The predicted molar refractivity (Wildman–Crippen MR) is 132 cm³/mol. The first-order valence-corrected chi connectivity index (χ1v) is 10.1. The summed E-state index contributed by atoms with van der Waals surface area (Å²) in [6.45, 7) is 1.26. The van der Waals surface area contributed by atoms with Crippen LogP contribution in [-0.2, 0) is 13.1 Å². The van der Waals surface area contributed by atoms with Gasteiger partial charge in [-0.15, -0.1) is 24.0 Å². The number of nitrogens with zero attached hydrogens (tertiary/aromatic N) is 2. The summed E-state index contributed by atoms with van der Waals surface area (Å²) in [4.78, 5) is 17.8. The van der Waals surface area contributed by atoms with Gasteiger partial charge in [-0.3, -0.25) is 9.79 Å². The van der Waals surface area contributed by atoms with Crippen molar-refractivity contribution >= 4 is 35.8 Å². The number of rotatable bonds is 7. The van der Waals surface area contributed by atoms with E-state index >= 15 is 0 Å². The van der Waals surface area contributed by atoms with E-state index in [-0.39, 0.29) is 29.9 Å². The second-order valence-electron chi connectivity index (χ2n) is 7.45. The highest BCUT2D eigenvalue weighted by atomic mass is 127. The second-order valence-corrected chi connectivity index (χ2v) is 7.45. The molecule has 7 heteroatoms. The van der Waals surface area contributed by atoms with E-state index in [0.29, 0.717) is 24.8 Å². The number of hydrogen-bond donors (Lipinski definition) is 2. The number of amides is 1. The van der Waals surface area contributed by atoms with Crippen LogP contribution < -0.4 is 15.4 Å². The molecule has 1 fully saturated rings. The number of nitrogens with one attached hydrogen (secondary N) is 2. The number of hydrogen-bond acceptors (Lipinski definition) is 3. The first kappa shape index (κ1) is 24.0. The van der Waals surface area contributed by atoms with Crippen molar-refractivity contribution in [2.75, 3.05) is 21.1 Å². The van der Waals surface area contributed by atoms with Crippen LogP contribution in [0.25, 0.3) is 0 Å². The molecule has 30 heavy (non-hydrogen) atoms. The third-order valence-corrected chi connectivity index (χ3v) is 5.06. The lowest BCUT2D eigenvalue weighted by molar-refractivity contribution is 0.0827. The van der Waals surface area contributed by atoms with Gasteiger partial charge < -0.3 is 20.3 Å². The third-order valence-electron chi connectivity index (χ3n) is 5.06. The van der Waals surface area contributed by atoms with Crippen molar-refractivity contribution in [2.45, 2.75) is 38.5 Å². The maximum absolute atomic E-state index is 12.0. The number of carbonyl (C=O) groups is 1. The van der Waals surface area contributed by atoms with Crippen LogP contribution in [0.3, 0.4) is 0 Å². The van der Waals surface area contributed by atoms with Crippen LogP contribution >= 0.6 is 24.0 Å². The molecule has 0 radical (unpaired) electrons. The van der Waals surface area contributed by atoms with Crippen LogP contribution in [0.15, 0.2) is 53.5 Å². The summed E-state index contributed by atoms with van der Waals surface area (Å²) in [6, 6.07) is 15.8. The fourth-order valence-corrected chi connectivity index (χ4v) is 3.04. The minimum absolute atomic E-state index is 0. The standard InChI is InChI=1S/C23H30N4O2.HI/c1-24-23(25-15-17-11-13-18(14-12-17)22(28)27(2)3)26-16-19-7-4-5-10-21(19)29-20-8-6-9-20;/h4-5,7,10-14,20H,6,8-9,15-16H2,1-3H3,(H2,24,25,26);1H. The van der Waals surface area contributed by atoms with Gasteiger partial charge in [-0.1, -0.05) is 30.3 Å². The van der Waals surface area contributed by atoms with Crippen molar-refractivity contribution in [2.24, 2.45) is 4.99 Å². The molecule has 6 nitrogen and oxygen atoms in total. The van der Waals surface area contributed by atoms with Gasteiger partial charge in [-0.25, -0.2) is 0 Å². The van der Waals surface area contributed by atoms with Crippen molar-refractivity contribution in [3.05, 3.63) is 65.2 Å². The molecule has 162 valence electrons. The molecule has 0 spiro atoms. The van der Waals surface area contributed by atoms with Crippen LogP contribution in [0.2, 0.25) is 0 Å². The molecule has 0 aromatic heterocycles. The first-order valence-electron chi connectivity index (χ1n) is 10.1. The lowest BCUT2D eigenvalue weighted by Gasteiger charge is -2.27. The highest BCUT2D eigenvalue weighted by Crippen LogP contribution is 2.27. The Kier molecular flexibility index (Phi) is 9.42. The van der Waals surface area contributed by atoms with E-state index in [9.17, 15) is 4.79 Å². The molecule has 0 bridgehead atoms. The predicted octanol–water partition coefficient (Wildman–Crippen LogP) is 3.80. The van der Waals surface area contributed by atoms with Crippen LogP contribution in [0.4, 0.5) is 0 Å². The monoisotopic (exact) mass is 522 g/mol. The van der Waals surface area contributed by atoms with Gasteiger partial charge in [0.05, 0.1) is 6.10 Å². The zero-order chi connectivity index (χ0) is 20.6. The third kappa shape index (κ3) is 6.62. The van der Waals surface area contributed by atoms with Gasteiger partial charge in [0.25, 0.3) is 5.91 Å². The largest absolute Gasteiger partial charge is 0.490 e. The molecule has 0 saturated heterocycles. The summed E-state index contributed by atoms with van der Waals surface area (Å²) < 4.78 is 6.09. The highest BCUT2D eigenvalue weighted by molar-refractivity contribution is 14.0. The van der Waals surface area contributed by atoms with E-state index in [2.05, 4.69) is 21.7 Å². The molecule has 3 rings (SSSR count). The van der Waals surface area contributed by atoms with Crippen LogP contribution in [0.5, 0.6) is 5.75 Å². The van der Waals surface area contributed by atoms with Crippen molar-refractivity contribution < 1.29 is 9.53 Å². The number of ether oxygens (including phenoxy) is 1. The molecule has 2 aromatic rings. The number of guanidine groups is 1. The Morgan fingerprint density at radius 3 is 2.33 bits per heavy atom. The van der Waals surface area contributed by atoms with E-state index in [1.54, 1.807) is 26.0 Å². The Labute approximate surface area is 196 Å². The topological polar surface area (TPSA) is 66.0 Å². The molecule has 2 N–H and O–H groups in total. The molecule has 0 unspecified atom stereocenters. The number of aliphatic imine (C=N–C) groups is 1. The average molecular weight is 522 g/mol. The van der Waals surface area contributed by atoms with Gasteiger partial charge in [0.1, 0.15) is 5.75 Å². The van der Waals surface area contributed by atoms with E-state index in [0.717, 1.165) is 35.7 Å². The number of halogens is 1. The zero-order valence-electron chi connectivity index (χ0n) is 17.9. The van der Waals surface area contributed by atoms with E-state index in [1.807, 2.05) is 42.5 Å². The zero-order valence-corrected chi connectivity index (χ0v) is 20.2. The molecule has 1 saturated carbocycles. The van der Waals surface area contributed by atoms with Crippen molar-refractivity contribution in [1.29, 1.82) is 0 Å². The summed E-state index contributed by atoms with van der Waals surface area (Å²) in [6.07, 6.45) is 3.90. The summed E-state index contributed by atoms with van der Waals surface area (Å²) in [5, 5.41) is 6.66. The van der Waals surface area contributed by atoms with E-state index in [4.69, 9.17) is 4.74 Å². The normalized spacial score (nSPS) is 13.6. The molecule has 1 amide bonds. The van der Waals surface area contributed by atoms with Crippen LogP contribution in [0.1, 0.15) is 40.7 Å². The Balaban J connectivity index is 0.00000320. The Morgan fingerprint density at radius 2 is 1.73 bits per heavy atom. The average Bonchev–Trinajstić information content (AvgIpc) is 2.71. The fourth-order valence-electron chi connectivity index (χ4n) is 3.04. The molecule has 0 aliphatic heterocycles. The second kappa shape index (κ2) is 11.8. The molecular weight excluding hydrogens is 491 g/mol. The van der Waals surface area contributed by atoms with E-state index in [1.165, 1.54) is 6.42 Å². The quantitative estimate of drug-likeness (QED) is 0.330. The molecule has 1 aliphatic carbocycles. The SMILES string of the molecule is CN=C(NCc1ccc(C(=O)N(C)C)cc1)NCc1ccccc1OC1CCC1.I. The number of carbonyl (C=O) groups excluding carboxylic acids is 1. The highest BCUT2D eigenvalue weighted by Gasteiger charge is 2.20. The minimum atomic E-state index is 0. The Hall–Kier alpha value is -2.29. The summed E-state index contributed by atoms with van der Waals surface area (Å²) in [7, 11) is 5.26. The molecule has 0 heterocycles. The van der Waals surface area contributed by atoms with Crippen molar-refractivity contribution in [3.63, 3.8) is 0 Å². The van der Waals surface area contributed by atoms with Crippen LogP contribution in [0, 0.1) is 0 Å².